The first-order valence-electron chi connectivity index (χ1n) is 6.00. The molecular formula is C12H19N3S. The van der Waals surface area contributed by atoms with Crippen LogP contribution in [0.2, 0.25) is 0 Å². The van der Waals surface area contributed by atoms with Crippen LogP contribution in [0.5, 0.6) is 0 Å². The van der Waals surface area contributed by atoms with Crippen molar-refractivity contribution in [2.24, 2.45) is 11.7 Å². The lowest BCUT2D eigenvalue weighted by atomic mass is 9.85. The van der Waals surface area contributed by atoms with Crippen molar-refractivity contribution in [1.82, 2.24) is 9.97 Å². The fourth-order valence-electron chi connectivity index (χ4n) is 2.24. The second-order valence-electron chi connectivity index (χ2n) is 4.42. The molecule has 2 N–H and O–H groups in total. The number of thioether (sulfide) groups is 1. The third-order valence-electron chi connectivity index (χ3n) is 3.23. The summed E-state index contributed by atoms with van der Waals surface area (Å²) in [5.74, 6) is 1.70. The zero-order valence-corrected chi connectivity index (χ0v) is 10.3. The van der Waals surface area contributed by atoms with Crippen LogP contribution >= 0.6 is 11.8 Å². The van der Waals surface area contributed by atoms with Crippen LogP contribution < -0.4 is 5.73 Å². The fourth-order valence-corrected chi connectivity index (χ4v) is 3.16. The largest absolute Gasteiger partial charge is 0.327 e. The molecule has 1 unspecified atom stereocenters. The lowest BCUT2D eigenvalue weighted by molar-refractivity contribution is 0.319. The molecule has 1 saturated carbocycles. The smallest absolute Gasteiger partial charge is 0.116 e. The number of hydrogen-bond donors (Lipinski definition) is 1. The Hall–Kier alpha value is -0.610. The minimum absolute atomic E-state index is 0.320. The summed E-state index contributed by atoms with van der Waals surface area (Å²) in [6.45, 7) is 0. The predicted molar refractivity (Wildman–Crippen MR) is 67.3 cm³/mol. The van der Waals surface area contributed by atoms with Gasteiger partial charge in [-0.2, -0.15) is 0 Å². The van der Waals surface area contributed by atoms with E-state index in [1.807, 2.05) is 6.07 Å². The average molecular weight is 237 g/mol. The van der Waals surface area contributed by atoms with Crippen LogP contribution in [-0.2, 0) is 0 Å². The fraction of sp³-hybridized carbons (Fsp3) is 0.667. The van der Waals surface area contributed by atoms with Crippen LogP contribution in [0.25, 0.3) is 0 Å². The molecule has 2 rings (SSSR count). The molecule has 0 radical (unpaired) electrons. The number of rotatable bonds is 4. The summed E-state index contributed by atoms with van der Waals surface area (Å²) < 4.78 is 0. The van der Waals surface area contributed by atoms with Gasteiger partial charge < -0.3 is 5.73 Å². The second kappa shape index (κ2) is 6.21. The van der Waals surface area contributed by atoms with Gasteiger partial charge in [-0.1, -0.05) is 19.3 Å². The van der Waals surface area contributed by atoms with Gasteiger partial charge in [-0.3, -0.25) is 0 Å². The first-order chi connectivity index (χ1) is 7.86. The van der Waals surface area contributed by atoms with E-state index in [4.69, 9.17) is 5.73 Å². The zero-order chi connectivity index (χ0) is 11.2. The van der Waals surface area contributed by atoms with Crippen LogP contribution in [0.1, 0.15) is 32.1 Å². The lowest BCUT2D eigenvalue weighted by Gasteiger charge is -2.27. The monoisotopic (exact) mass is 237 g/mol. The normalized spacial score (nSPS) is 19.6. The Morgan fingerprint density at radius 3 is 2.88 bits per heavy atom. The molecule has 1 aromatic rings. The van der Waals surface area contributed by atoms with E-state index in [9.17, 15) is 0 Å². The summed E-state index contributed by atoms with van der Waals surface area (Å²) >= 11 is 1.75. The van der Waals surface area contributed by atoms with Gasteiger partial charge in [0.25, 0.3) is 0 Å². The minimum atomic E-state index is 0.320. The van der Waals surface area contributed by atoms with Gasteiger partial charge in [0, 0.05) is 18.0 Å². The van der Waals surface area contributed by atoms with E-state index in [2.05, 4.69) is 9.97 Å². The van der Waals surface area contributed by atoms with Crippen molar-refractivity contribution in [1.29, 1.82) is 0 Å². The molecule has 0 saturated heterocycles. The van der Waals surface area contributed by atoms with Gasteiger partial charge in [-0.05, 0) is 24.8 Å². The van der Waals surface area contributed by atoms with Crippen LogP contribution in [0.15, 0.2) is 23.6 Å². The maximum Gasteiger partial charge on any atom is 0.116 e. The van der Waals surface area contributed by atoms with E-state index < -0.39 is 0 Å². The highest BCUT2D eigenvalue weighted by Crippen LogP contribution is 2.28. The molecular weight excluding hydrogens is 218 g/mol. The molecule has 0 aromatic carbocycles. The van der Waals surface area contributed by atoms with Crippen molar-refractivity contribution < 1.29 is 0 Å². The highest BCUT2D eigenvalue weighted by atomic mass is 32.2. The van der Waals surface area contributed by atoms with Crippen molar-refractivity contribution in [2.75, 3.05) is 5.75 Å². The van der Waals surface area contributed by atoms with Crippen LogP contribution in [0.3, 0.4) is 0 Å². The van der Waals surface area contributed by atoms with Crippen molar-refractivity contribution in [3.05, 3.63) is 18.6 Å². The van der Waals surface area contributed by atoms with E-state index >= 15 is 0 Å². The van der Waals surface area contributed by atoms with Crippen molar-refractivity contribution >= 4 is 11.8 Å². The standard InChI is InChI=1S/C12H19N3S/c13-11(10-4-2-1-3-5-10)8-16-12-6-7-14-9-15-12/h6-7,9-11H,1-5,8,13H2. The molecule has 1 heterocycles. The molecule has 0 amide bonds. The molecule has 1 aromatic heterocycles. The van der Waals surface area contributed by atoms with E-state index in [-0.39, 0.29) is 0 Å². The molecule has 88 valence electrons. The Morgan fingerprint density at radius 1 is 1.38 bits per heavy atom. The molecule has 1 atom stereocenters. The molecule has 4 heteroatoms. The molecule has 1 aliphatic rings. The van der Waals surface area contributed by atoms with Gasteiger partial charge >= 0.3 is 0 Å². The summed E-state index contributed by atoms with van der Waals surface area (Å²) in [4.78, 5) is 8.10. The van der Waals surface area contributed by atoms with Crippen LogP contribution in [0.4, 0.5) is 0 Å². The third kappa shape index (κ3) is 3.46. The quantitative estimate of drug-likeness (QED) is 0.645. The number of nitrogens with two attached hydrogens (primary N) is 1. The highest BCUT2D eigenvalue weighted by Gasteiger charge is 2.20. The van der Waals surface area contributed by atoms with Gasteiger partial charge in [-0.25, -0.2) is 9.97 Å². The summed E-state index contributed by atoms with van der Waals surface area (Å²) in [5, 5.41) is 1.03. The summed E-state index contributed by atoms with van der Waals surface area (Å²) in [7, 11) is 0. The number of aromatic nitrogens is 2. The maximum absolute atomic E-state index is 6.23. The van der Waals surface area contributed by atoms with Crippen molar-refractivity contribution in [3.8, 4) is 0 Å². The van der Waals surface area contributed by atoms with Gasteiger partial charge in [-0.15, -0.1) is 11.8 Å². The molecule has 0 aliphatic heterocycles. The zero-order valence-electron chi connectivity index (χ0n) is 9.51. The molecule has 16 heavy (non-hydrogen) atoms. The number of hydrogen-bond acceptors (Lipinski definition) is 4. The third-order valence-corrected chi connectivity index (χ3v) is 4.32. The van der Waals surface area contributed by atoms with E-state index in [1.54, 1.807) is 24.3 Å². The van der Waals surface area contributed by atoms with Crippen LogP contribution in [-0.4, -0.2) is 21.8 Å². The first kappa shape index (κ1) is 11.9. The first-order valence-corrected chi connectivity index (χ1v) is 6.99. The molecule has 0 bridgehead atoms. The summed E-state index contributed by atoms with van der Waals surface area (Å²) in [6, 6.07) is 2.26. The minimum Gasteiger partial charge on any atom is -0.327 e. The average Bonchev–Trinajstić information content (AvgIpc) is 2.38. The molecule has 3 nitrogen and oxygen atoms in total. The Labute approximate surface area is 101 Å². The molecule has 1 fully saturated rings. The lowest BCUT2D eigenvalue weighted by Crippen LogP contribution is -2.33. The van der Waals surface area contributed by atoms with Gasteiger partial charge in [0.05, 0.1) is 5.03 Å². The van der Waals surface area contributed by atoms with Gasteiger partial charge in [0.1, 0.15) is 6.33 Å². The van der Waals surface area contributed by atoms with Gasteiger partial charge in [0.15, 0.2) is 0 Å². The van der Waals surface area contributed by atoms with Crippen molar-refractivity contribution in [3.63, 3.8) is 0 Å². The van der Waals surface area contributed by atoms with Crippen molar-refractivity contribution in [2.45, 2.75) is 43.2 Å². The Morgan fingerprint density at radius 2 is 2.19 bits per heavy atom. The predicted octanol–water partition coefficient (Wildman–Crippen LogP) is 2.48. The molecule has 1 aliphatic carbocycles. The molecule has 0 spiro atoms. The highest BCUT2D eigenvalue weighted by molar-refractivity contribution is 7.99. The number of nitrogens with zero attached hydrogens (tertiary/aromatic N) is 2. The van der Waals surface area contributed by atoms with Gasteiger partial charge in [0.2, 0.25) is 0 Å². The summed E-state index contributed by atoms with van der Waals surface area (Å²) in [5.41, 5.74) is 6.23. The SMILES string of the molecule is NC(CSc1ccncn1)C1CCCCC1. The van der Waals surface area contributed by atoms with E-state index in [0.717, 1.165) is 16.7 Å². The summed E-state index contributed by atoms with van der Waals surface area (Å²) in [6.07, 6.45) is 10.1. The Kier molecular flexibility index (Phi) is 4.60. The Balaban J connectivity index is 1.76. The van der Waals surface area contributed by atoms with Crippen LogP contribution in [0, 0.1) is 5.92 Å². The Bertz CT molecular complexity index is 298. The maximum atomic E-state index is 6.23. The van der Waals surface area contributed by atoms with E-state index in [0.29, 0.717) is 6.04 Å². The van der Waals surface area contributed by atoms with E-state index in [1.165, 1.54) is 32.1 Å². The second-order valence-corrected chi connectivity index (χ2v) is 5.46. The topological polar surface area (TPSA) is 51.8 Å².